The predicted octanol–water partition coefficient (Wildman–Crippen LogP) is 4.00. The van der Waals surface area contributed by atoms with Gasteiger partial charge >= 0.3 is 5.97 Å². The average Bonchev–Trinajstić information content (AvgIpc) is 2.64. The Bertz CT molecular complexity index is 791. The number of methoxy groups -OCH3 is 2. The van der Waals surface area contributed by atoms with E-state index in [-0.39, 0.29) is 5.41 Å². The van der Waals surface area contributed by atoms with Crippen LogP contribution in [0.5, 0.6) is 5.75 Å². The minimum absolute atomic E-state index is 0.0937. The Hall–Kier alpha value is -2.93. The summed E-state index contributed by atoms with van der Waals surface area (Å²) in [6.45, 7) is 6.50. The van der Waals surface area contributed by atoms with Crippen LogP contribution in [0.2, 0.25) is 0 Å². The van der Waals surface area contributed by atoms with Crippen molar-refractivity contribution in [1.82, 2.24) is 0 Å². The lowest BCUT2D eigenvalue weighted by Crippen LogP contribution is -2.29. The van der Waals surface area contributed by atoms with Crippen molar-refractivity contribution in [2.45, 2.75) is 32.2 Å². The summed E-state index contributed by atoms with van der Waals surface area (Å²) in [6, 6.07) is 14.6. The highest BCUT2D eigenvalue weighted by molar-refractivity contribution is 5.83. The smallest absolute Gasteiger partial charge is 0.341 e. The maximum atomic E-state index is 12.0. The average molecular weight is 351 g/mol. The zero-order valence-electron chi connectivity index (χ0n) is 15.9. The van der Waals surface area contributed by atoms with Crippen LogP contribution in [0.25, 0.3) is 0 Å². The molecule has 2 aromatic rings. The number of carbonyl (C=O) groups is 1. The van der Waals surface area contributed by atoms with Gasteiger partial charge in [-0.2, -0.15) is 0 Å². The quantitative estimate of drug-likeness (QED) is 0.668. The van der Waals surface area contributed by atoms with E-state index < -0.39 is 12.0 Å². The molecule has 2 rings (SSSR count). The van der Waals surface area contributed by atoms with Crippen molar-refractivity contribution in [3.8, 4) is 17.6 Å². The molecule has 0 aliphatic rings. The molecule has 1 N–H and O–H groups in total. The number of rotatable bonds is 4. The molecule has 0 aromatic heterocycles. The third-order valence-electron chi connectivity index (χ3n) is 3.95. The minimum atomic E-state index is -0.754. The Labute approximate surface area is 155 Å². The summed E-state index contributed by atoms with van der Waals surface area (Å²) in [5, 5.41) is 3.08. The first-order valence-electron chi connectivity index (χ1n) is 8.44. The van der Waals surface area contributed by atoms with Crippen molar-refractivity contribution < 1.29 is 14.3 Å². The van der Waals surface area contributed by atoms with Gasteiger partial charge in [0.2, 0.25) is 0 Å². The number of esters is 1. The molecule has 0 fully saturated rings. The molecule has 136 valence electrons. The normalized spacial score (nSPS) is 11.7. The van der Waals surface area contributed by atoms with Gasteiger partial charge in [-0.15, -0.1) is 0 Å². The number of benzene rings is 2. The van der Waals surface area contributed by atoms with Gasteiger partial charge in [-0.3, -0.25) is 0 Å². The van der Waals surface area contributed by atoms with E-state index in [9.17, 15) is 4.79 Å². The second kappa shape index (κ2) is 8.44. The molecule has 0 saturated heterocycles. The monoisotopic (exact) mass is 351 g/mol. The molecule has 0 heterocycles. The molecule has 0 aliphatic carbocycles. The van der Waals surface area contributed by atoms with Crippen molar-refractivity contribution in [3.63, 3.8) is 0 Å². The Morgan fingerprint density at radius 3 is 2.12 bits per heavy atom. The topological polar surface area (TPSA) is 47.6 Å². The number of anilines is 1. The minimum Gasteiger partial charge on any atom is -0.497 e. The Morgan fingerprint density at radius 1 is 1.00 bits per heavy atom. The summed E-state index contributed by atoms with van der Waals surface area (Å²) in [6.07, 6.45) is 0. The van der Waals surface area contributed by atoms with E-state index in [1.807, 2.05) is 36.4 Å². The maximum absolute atomic E-state index is 12.0. The lowest BCUT2D eigenvalue weighted by molar-refractivity contribution is -0.140. The molecule has 0 unspecified atom stereocenters. The van der Waals surface area contributed by atoms with Crippen molar-refractivity contribution in [2.24, 2.45) is 0 Å². The fraction of sp³-hybridized carbons (Fsp3) is 0.318. The van der Waals surface area contributed by atoms with Crippen LogP contribution in [-0.4, -0.2) is 26.2 Å². The van der Waals surface area contributed by atoms with E-state index in [2.05, 4.69) is 50.1 Å². The molecule has 2 aromatic carbocycles. The molecule has 26 heavy (non-hydrogen) atoms. The zero-order chi connectivity index (χ0) is 19.2. The number of ether oxygens (including phenoxy) is 2. The number of nitrogens with one attached hydrogen (secondary N) is 1. The highest BCUT2D eigenvalue weighted by Gasteiger charge is 2.16. The van der Waals surface area contributed by atoms with Crippen LogP contribution in [0.1, 0.15) is 31.9 Å². The lowest BCUT2D eigenvalue weighted by atomic mass is 9.87. The first-order chi connectivity index (χ1) is 12.3. The van der Waals surface area contributed by atoms with Crippen LogP contribution in [0.15, 0.2) is 48.5 Å². The van der Waals surface area contributed by atoms with Gasteiger partial charge in [-0.1, -0.05) is 44.7 Å². The molecule has 0 radical (unpaired) electrons. The fourth-order valence-corrected chi connectivity index (χ4v) is 2.33. The maximum Gasteiger partial charge on any atom is 0.341 e. The Morgan fingerprint density at radius 2 is 1.62 bits per heavy atom. The molecular formula is C22H25NO3. The fourth-order valence-electron chi connectivity index (χ4n) is 2.33. The molecule has 0 aliphatic heterocycles. The van der Waals surface area contributed by atoms with Crippen molar-refractivity contribution in [3.05, 3.63) is 59.7 Å². The number of carbonyl (C=O) groups excluding carboxylic acids is 1. The van der Waals surface area contributed by atoms with Crippen LogP contribution in [0.4, 0.5) is 5.69 Å². The second-order valence-corrected chi connectivity index (χ2v) is 6.93. The van der Waals surface area contributed by atoms with Crippen LogP contribution in [0, 0.1) is 11.8 Å². The van der Waals surface area contributed by atoms with Crippen molar-refractivity contribution >= 4 is 11.7 Å². The third-order valence-corrected chi connectivity index (χ3v) is 3.95. The molecule has 0 saturated carbocycles. The van der Waals surface area contributed by atoms with Gasteiger partial charge in [0.1, 0.15) is 5.75 Å². The van der Waals surface area contributed by atoms with E-state index >= 15 is 0 Å². The first kappa shape index (κ1) is 19.4. The molecular weight excluding hydrogens is 326 g/mol. The van der Waals surface area contributed by atoms with Gasteiger partial charge in [0.25, 0.3) is 0 Å². The molecule has 0 amide bonds. The van der Waals surface area contributed by atoms with Crippen LogP contribution in [0.3, 0.4) is 0 Å². The van der Waals surface area contributed by atoms with E-state index in [0.29, 0.717) is 0 Å². The van der Waals surface area contributed by atoms with Crippen LogP contribution < -0.4 is 10.1 Å². The van der Waals surface area contributed by atoms with Gasteiger partial charge < -0.3 is 14.8 Å². The second-order valence-electron chi connectivity index (χ2n) is 6.93. The molecule has 4 nitrogen and oxygen atoms in total. The van der Waals surface area contributed by atoms with Crippen molar-refractivity contribution in [1.29, 1.82) is 0 Å². The summed E-state index contributed by atoms with van der Waals surface area (Å²) in [5.41, 5.74) is 2.95. The van der Waals surface area contributed by atoms with Crippen LogP contribution >= 0.6 is 0 Å². The van der Waals surface area contributed by atoms with Crippen molar-refractivity contribution in [2.75, 3.05) is 19.5 Å². The Kier molecular flexibility index (Phi) is 6.30. The first-order valence-corrected chi connectivity index (χ1v) is 8.44. The summed E-state index contributed by atoms with van der Waals surface area (Å²) in [4.78, 5) is 12.0. The third kappa shape index (κ3) is 5.29. The summed E-state index contributed by atoms with van der Waals surface area (Å²) < 4.78 is 9.99. The number of hydrogen-bond donors (Lipinski definition) is 1. The predicted molar refractivity (Wildman–Crippen MR) is 104 cm³/mol. The Balaban J connectivity index is 2.18. The van der Waals surface area contributed by atoms with E-state index in [1.54, 1.807) is 7.11 Å². The zero-order valence-corrected chi connectivity index (χ0v) is 15.9. The van der Waals surface area contributed by atoms with Gasteiger partial charge in [0.15, 0.2) is 6.04 Å². The SMILES string of the molecule is COC(=O)[C@@H](C#Cc1ccc(C(C)(C)C)cc1)Nc1ccc(OC)cc1. The van der Waals surface area contributed by atoms with Crippen LogP contribution in [-0.2, 0) is 14.9 Å². The molecule has 0 bridgehead atoms. The summed E-state index contributed by atoms with van der Waals surface area (Å²) in [7, 11) is 2.96. The standard InChI is InChI=1S/C22H25NO3/c1-22(2,3)17-9-6-16(7-10-17)8-15-20(21(24)26-5)23-18-11-13-19(25-4)14-12-18/h6-7,9-14,20,23H,1-5H3/t20-/m1/s1. The molecule has 4 heteroatoms. The largest absolute Gasteiger partial charge is 0.497 e. The van der Waals surface area contributed by atoms with E-state index in [1.165, 1.54) is 12.7 Å². The summed E-state index contributed by atoms with van der Waals surface area (Å²) >= 11 is 0. The van der Waals surface area contributed by atoms with Gasteiger partial charge in [-0.05, 0) is 47.4 Å². The van der Waals surface area contributed by atoms with Gasteiger partial charge in [-0.25, -0.2) is 4.79 Å². The van der Waals surface area contributed by atoms with E-state index in [0.717, 1.165) is 17.0 Å². The lowest BCUT2D eigenvalue weighted by Gasteiger charge is -2.18. The number of hydrogen-bond acceptors (Lipinski definition) is 4. The summed E-state index contributed by atoms with van der Waals surface area (Å²) in [5.74, 6) is 6.31. The molecule has 0 spiro atoms. The molecule has 1 atom stereocenters. The van der Waals surface area contributed by atoms with E-state index in [4.69, 9.17) is 9.47 Å². The highest BCUT2D eigenvalue weighted by Crippen LogP contribution is 2.22. The highest BCUT2D eigenvalue weighted by atomic mass is 16.5. The van der Waals surface area contributed by atoms with Gasteiger partial charge in [0, 0.05) is 11.3 Å². The van der Waals surface area contributed by atoms with Gasteiger partial charge in [0.05, 0.1) is 14.2 Å².